The fourth-order valence-corrected chi connectivity index (χ4v) is 1.48. The van der Waals surface area contributed by atoms with Crippen LogP contribution in [0.2, 0.25) is 0 Å². The Morgan fingerprint density at radius 1 is 1.06 bits per heavy atom. The van der Waals surface area contributed by atoms with Crippen molar-refractivity contribution in [2.45, 2.75) is 0 Å². The van der Waals surface area contributed by atoms with E-state index in [9.17, 15) is 0 Å². The molecule has 16 heavy (non-hydrogen) atoms. The summed E-state index contributed by atoms with van der Waals surface area (Å²) in [5.74, 6) is 0.841. The van der Waals surface area contributed by atoms with Crippen LogP contribution in [-0.2, 0) is 0 Å². The van der Waals surface area contributed by atoms with Crippen molar-refractivity contribution in [1.29, 1.82) is 0 Å². The van der Waals surface area contributed by atoms with Crippen LogP contribution in [0, 0.1) is 0 Å². The number of aromatic nitrogens is 3. The number of hydrogen-bond donors (Lipinski definition) is 1. The van der Waals surface area contributed by atoms with Crippen LogP contribution in [0.15, 0.2) is 41.1 Å². The van der Waals surface area contributed by atoms with Gasteiger partial charge in [0.15, 0.2) is 11.2 Å². The predicted octanol–water partition coefficient (Wildman–Crippen LogP) is 1.87. The molecule has 3 heterocycles. The molecule has 0 fully saturated rings. The SMILES string of the molecule is Nc1ncccc1-c1nc2ncccc2o1. The van der Waals surface area contributed by atoms with Crippen LogP contribution in [0.1, 0.15) is 0 Å². The molecule has 0 aliphatic carbocycles. The summed E-state index contributed by atoms with van der Waals surface area (Å²) >= 11 is 0. The monoisotopic (exact) mass is 212 g/mol. The number of nitrogen functional groups attached to an aromatic ring is 1. The number of fused-ring (bicyclic) bond motifs is 1. The fraction of sp³-hybridized carbons (Fsp3) is 0. The maximum atomic E-state index is 5.74. The van der Waals surface area contributed by atoms with Gasteiger partial charge in [0.2, 0.25) is 5.89 Å². The summed E-state index contributed by atoms with van der Waals surface area (Å²) in [6.45, 7) is 0. The summed E-state index contributed by atoms with van der Waals surface area (Å²) < 4.78 is 5.54. The fourth-order valence-electron chi connectivity index (χ4n) is 1.48. The van der Waals surface area contributed by atoms with Crippen LogP contribution in [0.4, 0.5) is 5.82 Å². The minimum atomic E-state index is 0.397. The van der Waals surface area contributed by atoms with Gasteiger partial charge in [0.05, 0.1) is 5.56 Å². The number of pyridine rings is 2. The molecule has 0 aliphatic heterocycles. The van der Waals surface area contributed by atoms with Gasteiger partial charge in [-0.05, 0) is 24.3 Å². The lowest BCUT2D eigenvalue weighted by atomic mass is 10.2. The zero-order chi connectivity index (χ0) is 11.0. The highest BCUT2D eigenvalue weighted by Crippen LogP contribution is 2.25. The van der Waals surface area contributed by atoms with Crippen molar-refractivity contribution < 1.29 is 4.42 Å². The minimum absolute atomic E-state index is 0.397. The van der Waals surface area contributed by atoms with Gasteiger partial charge in [-0.1, -0.05) is 0 Å². The van der Waals surface area contributed by atoms with E-state index < -0.39 is 0 Å². The van der Waals surface area contributed by atoms with Crippen LogP contribution in [0.25, 0.3) is 22.7 Å². The molecule has 2 N–H and O–H groups in total. The molecule has 0 aliphatic rings. The molecular formula is C11H8N4O. The van der Waals surface area contributed by atoms with E-state index in [1.807, 2.05) is 12.1 Å². The van der Waals surface area contributed by atoms with E-state index in [1.165, 1.54) is 0 Å². The summed E-state index contributed by atoms with van der Waals surface area (Å²) in [5, 5.41) is 0. The van der Waals surface area contributed by atoms with Gasteiger partial charge < -0.3 is 10.2 Å². The summed E-state index contributed by atoms with van der Waals surface area (Å²) in [5.41, 5.74) is 7.63. The van der Waals surface area contributed by atoms with Crippen LogP contribution >= 0.6 is 0 Å². The first-order valence-electron chi connectivity index (χ1n) is 4.77. The van der Waals surface area contributed by atoms with E-state index >= 15 is 0 Å². The van der Waals surface area contributed by atoms with Gasteiger partial charge in [-0.25, -0.2) is 9.97 Å². The Bertz CT molecular complexity index is 614. The molecule has 3 aromatic rings. The largest absolute Gasteiger partial charge is 0.434 e. The Labute approximate surface area is 91.0 Å². The van der Waals surface area contributed by atoms with Crippen molar-refractivity contribution in [1.82, 2.24) is 15.0 Å². The summed E-state index contributed by atoms with van der Waals surface area (Å²) in [6.07, 6.45) is 3.29. The van der Waals surface area contributed by atoms with Gasteiger partial charge in [0.1, 0.15) is 5.82 Å². The highest BCUT2D eigenvalue weighted by Gasteiger charge is 2.11. The number of oxazole rings is 1. The third-order valence-electron chi connectivity index (χ3n) is 2.23. The lowest BCUT2D eigenvalue weighted by molar-refractivity contribution is 0.619. The molecule has 0 radical (unpaired) electrons. The number of nitrogens with two attached hydrogens (primary N) is 1. The van der Waals surface area contributed by atoms with Crippen molar-refractivity contribution in [3.05, 3.63) is 36.7 Å². The highest BCUT2D eigenvalue weighted by atomic mass is 16.3. The standard InChI is InChI=1S/C11H8N4O/c12-9-7(3-1-5-13-9)11-15-10-8(16-11)4-2-6-14-10/h1-6H,(H2,12,13). The second kappa shape index (κ2) is 3.30. The molecule has 5 nitrogen and oxygen atoms in total. The highest BCUT2D eigenvalue weighted by molar-refractivity contribution is 5.75. The Balaban J connectivity index is 2.23. The minimum Gasteiger partial charge on any atom is -0.434 e. The first-order valence-corrected chi connectivity index (χ1v) is 4.77. The summed E-state index contributed by atoms with van der Waals surface area (Å²) in [4.78, 5) is 12.3. The Hall–Kier alpha value is -2.43. The van der Waals surface area contributed by atoms with Gasteiger partial charge in [-0.2, -0.15) is 4.98 Å². The van der Waals surface area contributed by atoms with Gasteiger partial charge >= 0.3 is 0 Å². The third-order valence-corrected chi connectivity index (χ3v) is 2.23. The second-order valence-electron chi connectivity index (χ2n) is 3.28. The van der Waals surface area contributed by atoms with Gasteiger partial charge in [-0.3, -0.25) is 0 Å². The molecule has 5 heteroatoms. The molecule has 0 saturated heterocycles. The molecule has 3 rings (SSSR count). The number of rotatable bonds is 1. The van der Waals surface area contributed by atoms with Crippen LogP contribution in [0.5, 0.6) is 0 Å². The number of anilines is 1. The van der Waals surface area contributed by atoms with Crippen molar-refractivity contribution in [3.8, 4) is 11.5 Å². The zero-order valence-corrected chi connectivity index (χ0v) is 8.29. The molecule has 0 bridgehead atoms. The Kier molecular flexibility index (Phi) is 1.83. The molecule has 0 atom stereocenters. The topological polar surface area (TPSA) is 77.8 Å². The molecule has 0 unspecified atom stereocenters. The van der Waals surface area contributed by atoms with Crippen molar-refractivity contribution in [2.24, 2.45) is 0 Å². The average molecular weight is 212 g/mol. The molecule has 0 saturated carbocycles. The normalized spacial score (nSPS) is 10.8. The summed E-state index contributed by atoms with van der Waals surface area (Å²) in [7, 11) is 0. The second-order valence-corrected chi connectivity index (χ2v) is 3.28. The van der Waals surface area contributed by atoms with Gasteiger partial charge in [0.25, 0.3) is 0 Å². The van der Waals surface area contributed by atoms with Crippen molar-refractivity contribution in [2.75, 3.05) is 5.73 Å². The van der Waals surface area contributed by atoms with E-state index in [2.05, 4.69) is 15.0 Å². The molecule has 0 amide bonds. The van der Waals surface area contributed by atoms with Crippen molar-refractivity contribution >= 4 is 17.0 Å². The van der Waals surface area contributed by atoms with Crippen LogP contribution in [-0.4, -0.2) is 15.0 Å². The molecule has 3 aromatic heterocycles. The van der Waals surface area contributed by atoms with E-state index in [0.717, 1.165) is 0 Å². The van der Waals surface area contributed by atoms with Gasteiger partial charge in [0, 0.05) is 12.4 Å². The summed E-state index contributed by atoms with van der Waals surface area (Å²) in [6, 6.07) is 7.20. The number of nitrogens with zero attached hydrogens (tertiary/aromatic N) is 3. The first-order chi connectivity index (χ1) is 7.84. The van der Waals surface area contributed by atoms with E-state index in [-0.39, 0.29) is 0 Å². The van der Waals surface area contributed by atoms with E-state index in [1.54, 1.807) is 24.5 Å². The predicted molar refractivity (Wildman–Crippen MR) is 59.4 cm³/mol. The molecule has 0 aromatic carbocycles. The molecular weight excluding hydrogens is 204 g/mol. The smallest absolute Gasteiger partial charge is 0.232 e. The number of hydrogen-bond acceptors (Lipinski definition) is 5. The lowest BCUT2D eigenvalue weighted by Gasteiger charge is -1.97. The van der Waals surface area contributed by atoms with Crippen LogP contribution < -0.4 is 5.73 Å². The van der Waals surface area contributed by atoms with E-state index in [4.69, 9.17) is 10.2 Å². The van der Waals surface area contributed by atoms with Gasteiger partial charge in [-0.15, -0.1) is 0 Å². The van der Waals surface area contributed by atoms with Crippen LogP contribution in [0.3, 0.4) is 0 Å². The maximum Gasteiger partial charge on any atom is 0.232 e. The first kappa shape index (κ1) is 8.84. The Morgan fingerprint density at radius 3 is 2.69 bits per heavy atom. The van der Waals surface area contributed by atoms with E-state index in [0.29, 0.717) is 28.5 Å². The third kappa shape index (κ3) is 1.30. The van der Waals surface area contributed by atoms with Crippen molar-refractivity contribution in [3.63, 3.8) is 0 Å². The molecule has 0 spiro atoms. The Morgan fingerprint density at radius 2 is 1.88 bits per heavy atom. The average Bonchev–Trinajstić information content (AvgIpc) is 2.73. The maximum absolute atomic E-state index is 5.74. The lowest BCUT2D eigenvalue weighted by Crippen LogP contribution is -1.92. The molecule has 78 valence electrons. The zero-order valence-electron chi connectivity index (χ0n) is 8.29. The quantitative estimate of drug-likeness (QED) is 0.666.